The highest BCUT2D eigenvalue weighted by Crippen LogP contribution is 2.33. The van der Waals surface area contributed by atoms with Crippen molar-refractivity contribution >= 4 is 18.1 Å². The van der Waals surface area contributed by atoms with Crippen molar-refractivity contribution < 1.29 is 18.8 Å². The number of nitrogens with two attached hydrogens (primary N) is 1. The third-order valence-corrected chi connectivity index (χ3v) is 1.85. The van der Waals surface area contributed by atoms with Crippen LogP contribution in [0.15, 0.2) is 12.1 Å². The highest BCUT2D eigenvalue weighted by molar-refractivity contribution is 5.85. The van der Waals surface area contributed by atoms with Crippen molar-refractivity contribution in [3.8, 4) is 5.75 Å². The number of nitro groups is 1. The molecule has 0 aliphatic rings. The fourth-order valence-corrected chi connectivity index (χ4v) is 1.11. The first kappa shape index (κ1) is 14.5. The van der Waals surface area contributed by atoms with Crippen LogP contribution in [0.1, 0.15) is 11.6 Å². The molecule has 0 aromatic heterocycles. The lowest BCUT2D eigenvalue weighted by molar-refractivity contribution is -0.386. The maximum absolute atomic E-state index is 12.9. The minimum Gasteiger partial charge on any atom is -0.502 e. The third-order valence-electron chi connectivity index (χ3n) is 1.85. The van der Waals surface area contributed by atoms with Gasteiger partial charge in [-0.1, -0.05) is 0 Å². The van der Waals surface area contributed by atoms with Gasteiger partial charge < -0.3 is 10.8 Å². The van der Waals surface area contributed by atoms with E-state index < -0.39 is 34.9 Å². The Labute approximate surface area is 95.4 Å². The molecule has 0 aliphatic carbocycles. The fraction of sp³-hybridized carbons (Fsp3) is 0.250. The fourth-order valence-electron chi connectivity index (χ4n) is 1.11. The number of nitrogens with zero attached hydrogens (tertiary/aromatic N) is 1. The van der Waals surface area contributed by atoms with Crippen molar-refractivity contribution in [1.29, 1.82) is 0 Å². The number of aromatic hydroxyl groups is 1. The molecule has 0 saturated heterocycles. The smallest absolute Gasteiger partial charge is 0.313 e. The van der Waals surface area contributed by atoms with Crippen molar-refractivity contribution in [2.24, 2.45) is 5.73 Å². The average molecular weight is 255 g/mol. The lowest BCUT2D eigenvalue weighted by Crippen LogP contribution is -2.13. The first-order chi connectivity index (χ1) is 6.97. The van der Waals surface area contributed by atoms with E-state index >= 15 is 0 Å². The van der Waals surface area contributed by atoms with Gasteiger partial charge in [-0.15, -0.1) is 12.4 Å². The Bertz CT molecular complexity index is 403. The number of hydrogen-bond acceptors (Lipinski definition) is 4. The largest absolute Gasteiger partial charge is 0.502 e. The molecule has 5 nitrogen and oxygen atoms in total. The van der Waals surface area contributed by atoms with Crippen LogP contribution in [-0.4, -0.2) is 16.7 Å². The molecule has 0 radical (unpaired) electrons. The van der Waals surface area contributed by atoms with E-state index in [2.05, 4.69) is 0 Å². The van der Waals surface area contributed by atoms with Gasteiger partial charge in [0.1, 0.15) is 12.5 Å². The molecule has 0 unspecified atom stereocenters. The third kappa shape index (κ3) is 2.77. The van der Waals surface area contributed by atoms with Crippen LogP contribution in [0.5, 0.6) is 5.75 Å². The summed E-state index contributed by atoms with van der Waals surface area (Å²) in [5.74, 6) is -1.75. The number of benzene rings is 1. The van der Waals surface area contributed by atoms with Gasteiger partial charge in [-0.25, -0.2) is 8.78 Å². The first-order valence-electron chi connectivity index (χ1n) is 3.95. The molecule has 0 spiro atoms. The van der Waals surface area contributed by atoms with E-state index in [9.17, 15) is 24.0 Å². The van der Waals surface area contributed by atoms with Crippen LogP contribution < -0.4 is 5.73 Å². The number of phenolic OH excluding ortho intramolecular Hbond substituents is 1. The number of nitro benzene ring substituents is 1. The quantitative estimate of drug-likeness (QED) is 0.636. The molecule has 0 heterocycles. The predicted octanol–water partition coefficient (Wildman–Crippen LogP) is 1.83. The van der Waals surface area contributed by atoms with Crippen LogP contribution >= 0.6 is 12.4 Å². The van der Waals surface area contributed by atoms with Gasteiger partial charge in [-0.05, 0) is 6.07 Å². The first-order valence-corrected chi connectivity index (χ1v) is 3.95. The van der Waals surface area contributed by atoms with Gasteiger partial charge in [0.2, 0.25) is 0 Å². The molecule has 8 heteroatoms. The molecule has 1 atom stereocenters. The summed E-state index contributed by atoms with van der Waals surface area (Å²) in [5.41, 5.74) is 4.07. The van der Waals surface area contributed by atoms with Crippen molar-refractivity contribution in [3.63, 3.8) is 0 Å². The zero-order valence-corrected chi connectivity index (χ0v) is 8.71. The van der Waals surface area contributed by atoms with Gasteiger partial charge >= 0.3 is 5.69 Å². The van der Waals surface area contributed by atoms with Gasteiger partial charge in [0.15, 0.2) is 5.75 Å². The van der Waals surface area contributed by atoms with Crippen molar-refractivity contribution in [3.05, 3.63) is 33.6 Å². The van der Waals surface area contributed by atoms with Gasteiger partial charge in [0, 0.05) is 5.56 Å². The second kappa shape index (κ2) is 5.57. The highest BCUT2D eigenvalue weighted by atomic mass is 35.5. The summed E-state index contributed by atoms with van der Waals surface area (Å²) in [6.07, 6.45) is 0. The Morgan fingerprint density at radius 3 is 2.56 bits per heavy atom. The topological polar surface area (TPSA) is 89.4 Å². The van der Waals surface area contributed by atoms with Crippen molar-refractivity contribution in [2.75, 3.05) is 6.67 Å². The monoisotopic (exact) mass is 254 g/mol. The van der Waals surface area contributed by atoms with E-state index in [4.69, 9.17) is 5.73 Å². The Balaban J connectivity index is 0.00000225. The molecule has 0 aliphatic heterocycles. The standard InChI is InChI=1S/C8H8F2N2O3.ClH/c9-3-6(11)5-1-4(10)2-7(8(5)13)12(14)15;/h1-2,6,13H,3,11H2;1H/t6-;/m1./s1. The molecular formula is C8H9ClF2N2O3. The zero-order valence-electron chi connectivity index (χ0n) is 7.89. The van der Waals surface area contributed by atoms with Gasteiger partial charge in [-0.3, -0.25) is 10.1 Å². The molecule has 3 N–H and O–H groups in total. The maximum atomic E-state index is 12.9. The number of rotatable bonds is 3. The molecule has 1 aromatic rings. The summed E-state index contributed by atoms with van der Waals surface area (Å²) >= 11 is 0. The van der Waals surface area contributed by atoms with Crippen LogP contribution in [0.2, 0.25) is 0 Å². The number of alkyl halides is 1. The van der Waals surface area contributed by atoms with Gasteiger partial charge in [0.05, 0.1) is 17.0 Å². The Kier molecular flexibility index (Phi) is 5.06. The average Bonchev–Trinajstić information content (AvgIpc) is 2.19. The molecule has 16 heavy (non-hydrogen) atoms. The Hall–Kier alpha value is -1.47. The number of halogens is 3. The predicted molar refractivity (Wildman–Crippen MR) is 54.9 cm³/mol. The van der Waals surface area contributed by atoms with Gasteiger partial charge in [0.25, 0.3) is 0 Å². The SMILES string of the molecule is Cl.N[C@H](CF)c1cc(F)cc([N+](=O)[O-])c1O. The Morgan fingerprint density at radius 1 is 1.56 bits per heavy atom. The summed E-state index contributed by atoms with van der Waals surface area (Å²) < 4.78 is 25.1. The second-order valence-electron chi connectivity index (χ2n) is 2.88. The minimum atomic E-state index is -1.28. The molecule has 0 saturated carbocycles. The van der Waals surface area contributed by atoms with Crippen LogP contribution in [0.3, 0.4) is 0 Å². The normalized spacial score (nSPS) is 11.7. The van der Waals surface area contributed by atoms with Crippen LogP contribution in [-0.2, 0) is 0 Å². The molecule has 0 fully saturated rings. The lowest BCUT2D eigenvalue weighted by Gasteiger charge is -2.09. The lowest BCUT2D eigenvalue weighted by atomic mass is 10.1. The number of hydrogen-bond donors (Lipinski definition) is 2. The summed E-state index contributed by atoms with van der Waals surface area (Å²) in [7, 11) is 0. The summed E-state index contributed by atoms with van der Waals surface area (Å²) in [6.45, 7) is -1.05. The maximum Gasteiger partial charge on any atom is 0.313 e. The molecule has 0 amide bonds. The highest BCUT2D eigenvalue weighted by Gasteiger charge is 2.22. The summed E-state index contributed by atoms with van der Waals surface area (Å²) in [4.78, 5) is 9.42. The van der Waals surface area contributed by atoms with E-state index in [0.717, 1.165) is 6.07 Å². The van der Waals surface area contributed by atoms with Crippen LogP contribution in [0.25, 0.3) is 0 Å². The van der Waals surface area contributed by atoms with Gasteiger partial charge in [-0.2, -0.15) is 0 Å². The van der Waals surface area contributed by atoms with Crippen molar-refractivity contribution in [2.45, 2.75) is 6.04 Å². The molecular weight excluding hydrogens is 246 g/mol. The van der Waals surface area contributed by atoms with E-state index in [1.165, 1.54) is 0 Å². The summed E-state index contributed by atoms with van der Waals surface area (Å²) in [6, 6.07) is 0.0375. The Morgan fingerprint density at radius 2 is 2.12 bits per heavy atom. The number of phenols is 1. The molecule has 1 rings (SSSR count). The van der Waals surface area contributed by atoms with Crippen LogP contribution in [0.4, 0.5) is 14.5 Å². The van der Waals surface area contributed by atoms with E-state index in [-0.39, 0.29) is 18.0 Å². The van der Waals surface area contributed by atoms with E-state index in [1.54, 1.807) is 0 Å². The zero-order chi connectivity index (χ0) is 11.6. The summed E-state index contributed by atoms with van der Waals surface area (Å²) in [5, 5.41) is 19.7. The van der Waals surface area contributed by atoms with E-state index in [0.29, 0.717) is 6.07 Å². The molecule has 0 bridgehead atoms. The van der Waals surface area contributed by atoms with Crippen molar-refractivity contribution in [1.82, 2.24) is 0 Å². The van der Waals surface area contributed by atoms with Crippen LogP contribution in [0, 0.1) is 15.9 Å². The minimum absolute atomic E-state index is 0. The second-order valence-corrected chi connectivity index (χ2v) is 2.88. The molecule has 90 valence electrons. The van der Waals surface area contributed by atoms with E-state index in [1.807, 2.05) is 0 Å². The molecule has 1 aromatic carbocycles.